The van der Waals surface area contributed by atoms with Crippen LogP contribution in [0.4, 0.5) is 5.69 Å². The second-order valence-corrected chi connectivity index (χ2v) is 5.81. The largest absolute Gasteiger partial charge is 0.464 e. The van der Waals surface area contributed by atoms with E-state index < -0.39 is 10.9 Å². The molecule has 0 N–H and O–H groups in total. The molecule has 0 atom stereocenters. The summed E-state index contributed by atoms with van der Waals surface area (Å²) in [5.74, 6) is -0.638. The van der Waals surface area contributed by atoms with Gasteiger partial charge in [-0.1, -0.05) is 33.8 Å². The number of carbonyl (C=O) groups excluding carboxylic acids is 1. The highest BCUT2D eigenvalue weighted by atomic mass is 79.9. The molecule has 0 amide bonds. The third-order valence-electron chi connectivity index (χ3n) is 2.44. The maximum Gasteiger partial charge on any atom is 0.356 e. The van der Waals surface area contributed by atoms with Crippen LogP contribution in [-0.2, 0) is 4.74 Å². The van der Waals surface area contributed by atoms with Crippen LogP contribution in [0.2, 0.25) is 0 Å². The molecule has 0 spiro atoms. The minimum Gasteiger partial charge on any atom is -0.464 e. The Balaban J connectivity index is 2.43. The fourth-order valence-corrected chi connectivity index (χ4v) is 3.01. The molecule has 2 aromatic rings. The molecule has 0 bridgehead atoms. The number of carbonyl (C=O) groups is 1. The quantitative estimate of drug-likeness (QED) is 0.464. The van der Waals surface area contributed by atoms with E-state index in [9.17, 15) is 14.9 Å². The van der Waals surface area contributed by atoms with Gasteiger partial charge in [0.1, 0.15) is 5.69 Å². The molecular weight excluding hydrogens is 360 g/mol. The number of hydrogen-bond donors (Lipinski definition) is 0. The van der Waals surface area contributed by atoms with Crippen LogP contribution in [0, 0.1) is 10.1 Å². The monoisotopic (exact) mass is 368 g/mol. The summed E-state index contributed by atoms with van der Waals surface area (Å²) in [6.07, 6.45) is 0. The molecule has 0 saturated heterocycles. The predicted octanol–water partition coefficient (Wildman–Crippen LogP) is 3.69. The molecule has 0 fully saturated rings. The normalized spacial score (nSPS) is 10.2. The van der Waals surface area contributed by atoms with Crippen molar-refractivity contribution in [3.05, 3.63) is 56.7 Å². The van der Waals surface area contributed by atoms with Crippen molar-refractivity contribution in [3.63, 3.8) is 0 Å². The van der Waals surface area contributed by atoms with Crippen molar-refractivity contribution in [2.75, 3.05) is 7.11 Å². The second kappa shape index (κ2) is 6.68. The van der Waals surface area contributed by atoms with Crippen LogP contribution in [0.3, 0.4) is 0 Å². The molecule has 0 unspecified atom stereocenters. The van der Waals surface area contributed by atoms with Gasteiger partial charge >= 0.3 is 11.7 Å². The van der Waals surface area contributed by atoms with Crippen molar-refractivity contribution in [3.8, 4) is 0 Å². The molecule has 0 aliphatic carbocycles. The molecular formula is C13H9BrN2O4S. The van der Waals surface area contributed by atoms with Crippen LogP contribution in [0.1, 0.15) is 10.5 Å². The van der Waals surface area contributed by atoms with Gasteiger partial charge in [-0.2, -0.15) is 0 Å². The Morgan fingerprint density at radius 2 is 2.14 bits per heavy atom. The lowest BCUT2D eigenvalue weighted by molar-refractivity contribution is -0.388. The molecule has 21 heavy (non-hydrogen) atoms. The van der Waals surface area contributed by atoms with E-state index in [-0.39, 0.29) is 16.4 Å². The highest BCUT2D eigenvalue weighted by molar-refractivity contribution is 9.10. The average molecular weight is 369 g/mol. The van der Waals surface area contributed by atoms with Crippen molar-refractivity contribution < 1.29 is 14.5 Å². The van der Waals surface area contributed by atoms with E-state index in [2.05, 4.69) is 25.7 Å². The number of nitro groups is 1. The standard InChI is InChI=1S/C13H9BrN2O4S/c1-20-13(17)10-5-6-11(16(18)19)12(15-10)21-9-4-2-3-8(14)7-9/h2-7H,1H3. The number of nitrogens with zero attached hydrogens (tertiary/aromatic N) is 2. The van der Waals surface area contributed by atoms with Gasteiger partial charge in [0.2, 0.25) is 0 Å². The van der Waals surface area contributed by atoms with Gasteiger partial charge in [0.05, 0.1) is 12.0 Å². The molecule has 0 saturated carbocycles. The fraction of sp³-hybridized carbons (Fsp3) is 0.0769. The maximum atomic E-state index is 11.5. The zero-order valence-electron chi connectivity index (χ0n) is 10.8. The summed E-state index contributed by atoms with van der Waals surface area (Å²) in [5, 5.41) is 11.2. The van der Waals surface area contributed by atoms with E-state index in [1.165, 1.54) is 19.2 Å². The smallest absolute Gasteiger partial charge is 0.356 e. The minimum atomic E-state index is -0.638. The Bertz CT molecular complexity index is 708. The molecule has 6 nitrogen and oxygen atoms in total. The van der Waals surface area contributed by atoms with Gasteiger partial charge in [-0.25, -0.2) is 9.78 Å². The number of esters is 1. The van der Waals surface area contributed by atoms with Crippen molar-refractivity contribution in [1.82, 2.24) is 4.98 Å². The van der Waals surface area contributed by atoms with Gasteiger partial charge in [-0.05, 0) is 24.3 Å². The summed E-state index contributed by atoms with van der Waals surface area (Å²) in [7, 11) is 1.23. The van der Waals surface area contributed by atoms with Crippen LogP contribution >= 0.6 is 27.7 Å². The zero-order valence-corrected chi connectivity index (χ0v) is 13.2. The van der Waals surface area contributed by atoms with Crippen LogP contribution in [0.25, 0.3) is 0 Å². The molecule has 0 aliphatic rings. The number of pyridine rings is 1. The van der Waals surface area contributed by atoms with E-state index in [4.69, 9.17) is 0 Å². The average Bonchev–Trinajstić information content (AvgIpc) is 2.46. The fourth-order valence-electron chi connectivity index (χ4n) is 1.51. The van der Waals surface area contributed by atoms with Crippen LogP contribution in [0.5, 0.6) is 0 Å². The molecule has 1 heterocycles. The Morgan fingerprint density at radius 3 is 2.76 bits per heavy atom. The van der Waals surface area contributed by atoms with Gasteiger partial charge in [0, 0.05) is 15.4 Å². The van der Waals surface area contributed by atoms with E-state index in [1.807, 2.05) is 12.1 Å². The number of halogens is 1. The number of hydrogen-bond acceptors (Lipinski definition) is 6. The summed E-state index contributed by atoms with van der Waals surface area (Å²) >= 11 is 4.44. The maximum absolute atomic E-state index is 11.5. The lowest BCUT2D eigenvalue weighted by atomic mass is 10.3. The van der Waals surface area contributed by atoms with Crippen molar-refractivity contribution in [2.24, 2.45) is 0 Å². The molecule has 2 rings (SSSR count). The third kappa shape index (κ3) is 3.79. The number of benzene rings is 1. The Labute approximate surface area is 132 Å². The van der Waals surface area contributed by atoms with Crippen molar-refractivity contribution >= 4 is 39.3 Å². The lowest BCUT2D eigenvalue weighted by Gasteiger charge is -2.05. The van der Waals surface area contributed by atoms with E-state index in [0.29, 0.717) is 0 Å². The van der Waals surface area contributed by atoms with Crippen molar-refractivity contribution in [2.45, 2.75) is 9.92 Å². The molecule has 0 aliphatic heterocycles. The van der Waals surface area contributed by atoms with Crippen molar-refractivity contribution in [1.29, 1.82) is 0 Å². The van der Waals surface area contributed by atoms with E-state index >= 15 is 0 Å². The number of aromatic nitrogens is 1. The molecule has 8 heteroatoms. The number of ether oxygens (including phenoxy) is 1. The van der Waals surface area contributed by atoms with Gasteiger partial charge in [-0.3, -0.25) is 10.1 Å². The number of methoxy groups -OCH3 is 1. The van der Waals surface area contributed by atoms with Crippen LogP contribution < -0.4 is 0 Å². The highest BCUT2D eigenvalue weighted by Crippen LogP contribution is 2.34. The Kier molecular flexibility index (Phi) is 4.92. The SMILES string of the molecule is COC(=O)c1ccc([N+](=O)[O-])c(Sc2cccc(Br)c2)n1. The van der Waals surface area contributed by atoms with Gasteiger partial charge < -0.3 is 4.74 Å². The van der Waals surface area contributed by atoms with Gasteiger partial charge in [-0.15, -0.1) is 0 Å². The van der Waals surface area contributed by atoms with Crippen LogP contribution in [-0.4, -0.2) is 23.0 Å². The molecule has 1 aromatic carbocycles. The first-order valence-corrected chi connectivity index (χ1v) is 7.29. The van der Waals surface area contributed by atoms with E-state index in [0.717, 1.165) is 21.1 Å². The van der Waals surface area contributed by atoms with E-state index in [1.54, 1.807) is 12.1 Å². The predicted molar refractivity (Wildman–Crippen MR) is 80.5 cm³/mol. The minimum absolute atomic E-state index is 0.0283. The van der Waals surface area contributed by atoms with Gasteiger partial charge in [0.25, 0.3) is 0 Å². The first kappa shape index (κ1) is 15.5. The summed E-state index contributed by atoms with van der Waals surface area (Å²) in [4.78, 5) is 26.8. The zero-order chi connectivity index (χ0) is 15.4. The molecule has 0 radical (unpaired) electrons. The van der Waals surface area contributed by atoms with Gasteiger partial charge in [0.15, 0.2) is 5.03 Å². The lowest BCUT2D eigenvalue weighted by Crippen LogP contribution is -2.06. The highest BCUT2D eigenvalue weighted by Gasteiger charge is 2.20. The number of rotatable bonds is 4. The first-order chi connectivity index (χ1) is 10.0. The summed E-state index contributed by atoms with van der Waals surface area (Å²) < 4.78 is 5.42. The molecule has 108 valence electrons. The van der Waals surface area contributed by atoms with Crippen LogP contribution in [0.15, 0.2) is 50.8 Å². The topological polar surface area (TPSA) is 82.3 Å². The first-order valence-electron chi connectivity index (χ1n) is 5.68. The third-order valence-corrected chi connectivity index (χ3v) is 3.92. The summed E-state index contributed by atoms with van der Waals surface area (Å²) in [5.41, 5.74) is -0.131. The Morgan fingerprint density at radius 1 is 1.38 bits per heavy atom. The molecule has 1 aromatic heterocycles. The second-order valence-electron chi connectivity index (χ2n) is 3.83. The summed E-state index contributed by atoms with van der Waals surface area (Å²) in [6, 6.07) is 9.78. The Hall–Kier alpha value is -1.93. The summed E-state index contributed by atoms with van der Waals surface area (Å²) in [6.45, 7) is 0.